The van der Waals surface area contributed by atoms with E-state index in [9.17, 15) is 9.90 Å². The van der Waals surface area contributed by atoms with Crippen LogP contribution in [0.1, 0.15) is 18.1 Å². The first-order valence-electron chi connectivity index (χ1n) is 4.41. The summed E-state index contributed by atoms with van der Waals surface area (Å²) in [5.41, 5.74) is 0.903. The number of aliphatic hydroxyl groups is 1. The molecule has 3 heteroatoms. The Morgan fingerprint density at radius 2 is 2.00 bits per heavy atom. The Morgan fingerprint density at radius 3 is 2.64 bits per heavy atom. The van der Waals surface area contributed by atoms with Crippen molar-refractivity contribution in [2.45, 2.75) is 12.5 Å². The minimum atomic E-state index is -0.484. The summed E-state index contributed by atoms with van der Waals surface area (Å²) >= 11 is 0. The Balaban J connectivity index is 2.22. The largest absolute Gasteiger partial charge is 0.512 e. The molecule has 3 nitrogen and oxygen atoms in total. The monoisotopic (exact) mass is 190 g/mol. The smallest absolute Gasteiger partial charge is 0.334 e. The quantitative estimate of drug-likeness (QED) is 0.690. The number of hydrogen-bond acceptors (Lipinski definition) is 3. The van der Waals surface area contributed by atoms with Crippen molar-refractivity contribution >= 4 is 5.97 Å². The first-order chi connectivity index (χ1) is 6.75. The molecule has 1 heterocycles. The number of ether oxygens (including phenoxy) is 1. The molecule has 0 fully saturated rings. The standard InChI is InChI=1S/C11H10O3/c12-9-6-10(14-11(13)7-9)8-4-2-1-3-5-8/h1-5,7,10,12H,6H2/t10-/m1/s1. The molecule has 1 aromatic rings. The molecule has 72 valence electrons. The van der Waals surface area contributed by atoms with Crippen molar-refractivity contribution in [3.63, 3.8) is 0 Å². The minimum Gasteiger partial charge on any atom is -0.512 e. The van der Waals surface area contributed by atoms with E-state index < -0.39 is 5.97 Å². The summed E-state index contributed by atoms with van der Waals surface area (Å²) in [4.78, 5) is 11.0. The van der Waals surface area contributed by atoms with Crippen molar-refractivity contribution < 1.29 is 14.6 Å². The van der Waals surface area contributed by atoms with Gasteiger partial charge in [0, 0.05) is 6.42 Å². The number of carbonyl (C=O) groups excluding carboxylic acids is 1. The van der Waals surface area contributed by atoms with E-state index in [0.29, 0.717) is 6.42 Å². The molecule has 1 aromatic carbocycles. The summed E-state index contributed by atoms with van der Waals surface area (Å²) in [6.07, 6.45) is 1.11. The maximum atomic E-state index is 11.0. The number of rotatable bonds is 1. The highest BCUT2D eigenvalue weighted by atomic mass is 16.5. The second-order valence-corrected chi connectivity index (χ2v) is 3.18. The molecule has 1 aliphatic heterocycles. The Morgan fingerprint density at radius 1 is 1.29 bits per heavy atom. The molecule has 1 atom stereocenters. The molecule has 14 heavy (non-hydrogen) atoms. The lowest BCUT2D eigenvalue weighted by Gasteiger charge is -2.20. The van der Waals surface area contributed by atoms with Gasteiger partial charge in [0.05, 0.1) is 6.08 Å². The highest BCUT2D eigenvalue weighted by Crippen LogP contribution is 2.27. The molecular weight excluding hydrogens is 180 g/mol. The van der Waals surface area contributed by atoms with Gasteiger partial charge in [0.1, 0.15) is 11.9 Å². The minimum absolute atomic E-state index is 0.0788. The first kappa shape index (κ1) is 8.81. The van der Waals surface area contributed by atoms with Gasteiger partial charge in [-0.3, -0.25) is 0 Å². The SMILES string of the molecule is O=C1C=C(O)C[C@H](c2ccccc2)O1. The van der Waals surface area contributed by atoms with E-state index in [4.69, 9.17) is 4.74 Å². The van der Waals surface area contributed by atoms with Crippen LogP contribution in [0.5, 0.6) is 0 Å². The number of aliphatic hydroxyl groups excluding tert-OH is 1. The zero-order valence-electron chi connectivity index (χ0n) is 7.51. The number of benzene rings is 1. The van der Waals surface area contributed by atoms with E-state index in [1.54, 1.807) is 0 Å². The van der Waals surface area contributed by atoms with E-state index in [0.717, 1.165) is 11.6 Å². The molecule has 0 bridgehead atoms. The van der Waals surface area contributed by atoms with Gasteiger partial charge in [0.25, 0.3) is 0 Å². The number of esters is 1. The van der Waals surface area contributed by atoms with Gasteiger partial charge >= 0.3 is 5.97 Å². The molecule has 0 saturated heterocycles. The molecule has 0 radical (unpaired) electrons. The fraction of sp³-hybridized carbons (Fsp3) is 0.182. The van der Waals surface area contributed by atoms with Crippen molar-refractivity contribution in [2.75, 3.05) is 0 Å². The summed E-state index contributed by atoms with van der Waals surface area (Å²) < 4.78 is 5.07. The van der Waals surface area contributed by atoms with Crippen LogP contribution in [0.2, 0.25) is 0 Å². The number of cyclic esters (lactones) is 1. The Labute approximate surface area is 81.6 Å². The molecule has 0 aliphatic carbocycles. The van der Waals surface area contributed by atoms with Crippen LogP contribution in [0, 0.1) is 0 Å². The molecule has 0 aromatic heterocycles. The summed E-state index contributed by atoms with van der Waals surface area (Å²) in [5, 5.41) is 9.27. The fourth-order valence-corrected chi connectivity index (χ4v) is 1.45. The van der Waals surface area contributed by atoms with Crippen LogP contribution >= 0.6 is 0 Å². The lowest BCUT2D eigenvalue weighted by molar-refractivity contribution is -0.145. The van der Waals surface area contributed by atoms with Crippen molar-refractivity contribution in [3.8, 4) is 0 Å². The molecule has 0 saturated carbocycles. The summed E-state index contributed by atoms with van der Waals surface area (Å²) in [6.45, 7) is 0. The van der Waals surface area contributed by atoms with Gasteiger partial charge in [-0.05, 0) is 5.56 Å². The maximum Gasteiger partial charge on any atom is 0.334 e. The molecule has 0 amide bonds. The van der Waals surface area contributed by atoms with Gasteiger partial charge in [0.15, 0.2) is 0 Å². The van der Waals surface area contributed by atoms with Gasteiger partial charge in [-0.15, -0.1) is 0 Å². The zero-order chi connectivity index (χ0) is 9.97. The van der Waals surface area contributed by atoms with E-state index in [1.165, 1.54) is 0 Å². The fourth-order valence-electron chi connectivity index (χ4n) is 1.45. The normalized spacial score (nSPS) is 21.3. The van der Waals surface area contributed by atoms with E-state index in [-0.39, 0.29) is 11.9 Å². The van der Waals surface area contributed by atoms with Crippen LogP contribution in [-0.2, 0) is 9.53 Å². The van der Waals surface area contributed by atoms with Crippen LogP contribution in [0.15, 0.2) is 42.2 Å². The Bertz CT molecular complexity index is 367. The number of hydrogen-bond donors (Lipinski definition) is 1. The lowest BCUT2D eigenvalue weighted by Crippen LogP contribution is -2.15. The summed E-state index contributed by atoms with van der Waals surface area (Å²) in [6, 6.07) is 9.38. The first-order valence-corrected chi connectivity index (χ1v) is 4.41. The van der Waals surface area contributed by atoms with Crippen LogP contribution in [0.25, 0.3) is 0 Å². The zero-order valence-corrected chi connectivity index (χ0v) is 7.51. The predicted molar refractivity (Wildman–Crippen MR) is 50.6 cm³/mol. The molecule has 0 spiro atoms. The molecule has 2 rings (SSSR count). The second-order valence-electron chi connectivity index (χ2n) is 3.18. The average Bonchev–Trinajstić information content (AvgIpc) is 2.18. The molecule has 0 unspecified atom stereocenters. The Kier molecular flexibility index (Phi) is 2.23. The van der Waals surface area contributed by atoms with Gasteiger partial charge < -0.3 is 9.84 Å². The van der Waals surface area contributed by atoms with Crippen LogP contribution in [-0.4, -0.2) is 11.1 Å². The van der Waals surface area contributed by atoms with Crippen molar-refractivity contribution in [1.29, 1.82) is 0 Å². The van der Waals surface area contributed by atoms with E-state index in [1.807, 2.05) is 30.3 Å². The molecule has 1 aliphatic rings. The van der Waals surface area contributed by atoms with Gasteiger partial charge in [-0.25, -0.2) is 4.79 Å². The predicted octanol–water partition coefficient (Wildman–Crippen LogP) is 2.12. The third-order valence-corrected chi connectivity index (χ3v) is 2.11. The van der Waals surface area contributed by atoms with Crippen molar-refractivity contribution in [2.24, 2.45) is 0 Å². The third kappa shape index (κ3) is 1.76. The average molecular weight is 190 g/mol. The van der Waals surface area contributed by atoms with Crippen molar-refractivity contribution in [1.82, 2.24) is 0 Å². The highest BCUT2D eigenvalue weighted by Gasteiger charge is 2.22. The molecular formula is C11H10O3. The topological polar surface area (TPSA) is 46.5 Å². The van der Waals surface area contributed by atoms with E-state index in [2.05, 4.69) is 0 Å². The van der Waals surface area contributed by atoms with Crippen molar-refractivity contribution in [3.05, 3.63) is 47.7 Å². The van der Waals surface area contributed by atoms with Gasteiger partial charge in [0.2, 0.25) is 0 Å². The maximum absolute atomic E-state index is 11.0. The lowest BCUT2D eigenvalue weighted by atomic mass is 10.0. The Hall–Kier alpha value is -1.77. The van der Waals surface area contributed by atoms with Gasteiger partial charge in [-0.1, -0.05) is 30.3 Å². The van der Waals surface area contributed by atoms with Crippen LogP contribution in [0.4, 0.5) is 0 Å². The summed E-state index contributed by atoms with van der Waals surface area (Å²) in [7, 11) is 0. The summed E-state index contributed by atoms with van der Waals surface area (Å²) in [5.74, 6) is -0.405. The van der Waals surface area contributed by atoms with Gasteiger partial charge in [-0.2, -0.15) is 0 Å². The second kappa shape index (κ2) is 3.54. The highest BCUT2D eigenvalue weighted by molar-refractivity contribution is 5.83. The third-order valence-electron chi connectivity index (χ3n) is 2.11. The van der Waals surface area contributed by atoms with Crippen LogP contribution in [0.3, 0.4) is 0 Å². The number of carbonyl (C=O) groups is 1. The van der Waals surface area contributed by atoms with Crippen LogP contribution < -0.4 is 0 Å². The van der Waals surface area contributed by atoms with E-state index >= 15 is 0 Å². The molecule has 1 N–H and O–H groups in total.